The minimum absolute atomic E-state index is 0.00652. The molecule has 1 heterocycles. The second kappa shape index (κ2) is 8.15. The smallest absolute Gasteiger partial charge is 0.237 e. The lowest BCUT2D eigenvalue weighted by atomic mass is 10.0. The highest BCUT2D eigenvalue weighted by molar-refractivity contribution is 5.81. The van der Waals surface area contributed by atoms with Crippen LogP contribution in [0.4, 0.5) is 0 Å². The number of benzene rings is 1. The summed E-state index contributed by atoms with van der Waals surface area (Å²) in [6.45, 7) is 4.49. The fraction of sp³-hybridized carbons (Fsp3) is 0.588. The van der Waals surface area contributed by atoms with Crippen LogP contribution in [0, 0.1) is 0 Å². The van der Waals surface area contributed by atoms with Gasteiger partial charge in [0, 0.05) is 19.1 Å². The third-order valence-electron chi connectivity index (χ3n) is 4.04. The summed E-state index contributed by atoms with van der Waals surface area (Å²) >= 11 is 0. The summed E-state index contributed by atoms with van der Waals surface area (Å²) < 4.78 is 0. The molecule has 2 unspecified atom stereocenters. The van der Waals surface area contributed by atoms with E-state index in [1.54, 1.807) is 0 Å². The number of rotatable bonds is 6. The monoisotopic (exact) mass is 289 g/mol. The Morgan fingerprint density at radius 2 is 2.14 bits per heavy atom. The maximum atomic E-state index is 12.4. The van der Waals surface area contributed by atoms with Crippen LogP contribution in [0.15, 0.2) is 30.3 Å². The van der Waals surface area contributed by atoms with Crippen molar-refractivity contribution in [2.24, 2.45) is 5.73 Å². The molecule has 1 aliphatic heterocycles. The van der Waals surface area contributed by atoms with E-state index in [0.29, 0.717) is 6.54 Å². The Kier molecular flexibility index (Phi) is 6.21. The van der Waals surface area contributed by atoms with E-state index in [2.05, 4.69) is 34.5 Å². The van der Waals surface area contributed by atoms with Crippen LogP contribution in [-0.4, -0.2) is 36.0 Å². The molecule has 116 valence electrons. The highest BCUT2D eigenvalue weighted by Gasteiger charge is 2.28. The molecule has 0 spiro atoms. The van der Waals surface area contributed by atoms with Crippen LogP contribution >= 0.6 is 0 Å². The van der Waals surface area contributed by atoms with Gasteiger partial charge in [0.25, 0.3) is 0 Å². The normalized spacial score (nSPS) is 21.0. The van der Waals surface area contributed by atoms with E-state index < -0.39 is 0 Å². The maximum absolute atomic E-state index is 12.4. The molecule has 1 aliphatic rings. The van der Waals surface area contributed by atoms with E-state index >= 15 is 0 Å². The first kappa shape index (κ1) is 16.0. The highest BCUT2D eigenvalue weighted by atomic mass is 16.2. The van der Waals surface area contributed by atoms with E-state index in [1.807, 2.05) is 13.0 Å². The number of carbonyl (C=O) groups is 1. The van der Waals surface area contributed by atoms with Crippen LogP contribution < -0.4 is 11.1 Å². The third kappa shape index (κ3) is 5.14. The number of nitrogens with one attached hydrogen (secondary N) is 1. The molecule has 0 saturated carbocycles. The minimum atomic E-state index is 0.00652. The fourth-order valence-electron chi connectivity index (χ4n) is 2.84. The molecule has 2 atom stereocenters. The van der Waals surface area contributed by atoms with Crippen molar-refractivity contribution in [1.82, 2.24) is 10.2 Å². The molecule has 21 heavy (non-hydrogen) atoms. The van der Waals surface area contributed by atoms with E-state index in [-0.39, 0.29) is 18.0 Å². The summed E-state index contributed by atoms with van der Waals surface area (Å²) in [4.78, 5) is 14.7. The Bertz CT molecular complexity index is 433. The van der Waals surface area contributed by atoms with Crippen LogP contribution in [0.3, 0.4) is 0 Å². The van der Waals surface area contributed by atoms with E-state index in [0.717, 1.165) is 32.4 Å². The molecule has 0 aromatic heterocycles. The summed E-state index contributed by atoms with van der Waals surface area (Å²) in [6, 6.07) is 10.5. The molecule has 4 heteroatoms. The van der Waals surface area contributed by atoms with Gasteiger partial charge in [-0.3, -0.25) is 9.69 Å². The van der Waals surface area contributed by atoms with E-state index in [9.17, 15) is 4.79 Å². The largest absolute Gasteiger partial charge is 0.355 e. The summed E-state index contributed by atoms with van der Waals surface area (Å²) in [5.74, 6) is 0.159. The molecule has 1 aromatic carbocycles. The zero-order chi connectivity index (χ0) is 15.1. The fourth-order valence-corrected chi connectivity index (χ4v) is 2.84. The van der Waals surface area contributed by atoms with Crippen molar-refractivity contribution in [3.8, 4) is 0 Å². The predicted molar refractivity (Wildman–Crippen MR) is 85.8 cm³/mol. The molecule has 1 aromatic rings. The number of piperidine rings is 1. The zero-order valence-corrected chi connectivity index (χ0v) is 12.9. The van der Waals surface area contributed by atoms with Crippen molar-refractivity contribution in [1.29, 1.82) is 0 Å². The Hall–Kier alpha value is -1.39. The summed E-state index contributed by atoms with van der Waals surface area (Å²) in [7, 11) is 0. The van der Waals surface area contributed by atoms with Gasteiger partial charge in [0.15, 0.2) is 0 Å². The van der Waals surface area contributed by atoms with Gasteiger partial charge in [-0.15, -0.1) is 0 Å². The van der Waals surface area contributed by atoms with Crippen molar-refractivity contribution in [3.63, 3.8) is 0 Å². The minimum Gasteiger partial charge on any atom is -0.355 e. The third-order valence-corrected chi connectivity index (χ3v) is 4.04. The molecule has 4 nitrogen and oxygen atoms in total. The van der Waals surface area contributed by atoms with Crippen molar-refractivity contribution in [2.75, 3.05) is 13.1 Å². The quantitative estimate of drug-likeness (QED) is 0.841. The average molecular weight is 289 g/mol. The summed E-state index contributed by atoms with van der Waals surface area (Å²) in [5, 5.41) is 3.04. The molecule has 3 N–H and O–H groups in total. The van der Waals surface area contributed by atoms with Crippen LogP contribution in [0.5, 0.6) is 0 Å². The predicted octanol–water partition coefficient (Wildman–Crippen LogP) is 1.89. The van der Waals surface area contributed by atoms with Crippen molar-refractivity contribution < 1.29 is 4.79 Å². The summed E-state index contributed by atoms with van der Waals surface area (Å²) in [5.41, 5.74) is 7.00. The van der Waals surface area contributed by atoms with Gasteiger partial charge in [0.1, 0.15) is 0 Å². The number of nitrogens with two attached hydrogens (primary N) is 1. The number of carbonyl (C=O) groups excluding carboxylic acids is 1. The standard InChI is InChI=1S/C17H27N3O/c1-14(18)10-11-19-17(21)16-9-5-6-12-20(16)13-15-7-3-2-4-8-15/h2-4,7-8,14,16H,5-6,9-13,18H2,1H3,(H,19,21). The van der Waals surface area contributed by atoms with Gasteiger partial charge in [0.05, 0.1) is 6.04 Å². The number of hydrogen-bond acceptors (Lipinski definition) is 3. The Morgan fingerprint density at radius 3 is 2.86 bits per heavy atom. The average Bonchev–Trinajstić information content (AvgIpc) is 2.48. The van der Waals surface area contributed by atoms with Gasteiger partial charge in [-0.25, -0.2) is 0 Å². The van der Waals surface area contributed by atoms with E-state index in [4.69, 9.17) is 5.73 Å². The lowest BCUT2D eigenvalue weighted by Crippen LogP contribution is -2.49. The van der Waals surface area contributed by atoms with E-state index in [1.165, 1.54) is 12.0 Å². The van der Waals surface area contributed by atoms with Crippen molar-refractivity contribution in [3.05, 3.63) is 35.9 Å². The lowest BCUT2D eigenvalue weighted by Gasteiger charge is -2.34. The molecule has 2 rings (SSSR count). The van der Waals surface area contributed by atoms with Gasteiger partial charge in [-0.05, 0) is 38.3 Å². The maximum Gasteiger partial charge on any atom is 0.237 e. The first-order chi connectivity index (χ1) is 10.2. The van der Waals surface area contributed by atoms with Gasteiger partial charge < -0.3 is 11.1 Å². The topological polar surface area (TPSA) is 58.4 Å². The molecule has 1 amide bonds. The van der Waals surface area contributed by atoms with Crippen molar-refractivity contribution >= 4 is 5.91 Å². The molecule has 0 aliphatic carbocycles. The van der Waals surface area contributed by atoms with Crippen LogP contribution in [0.1, 0.15) is 38.2 Å². The Labute approximate surface area is 127 Å². The second-order valence-corrected chi connectivity index (χ2v) is 6.02. The second-order valence-electron chi connectivity index (χ2n) is 6.02. The molecule has 0 bridgehead atoms. The SMILES string of the molecule is CC(N)CCNC(=O)C1CCCCN1Cc1ccccc1. The highest BCUT2D eigenvalue weighted by Crippen LogP contribution is 2.19. The number of likely N-dealkylation sites (tertiary alicyclic amines) is 1. The number of nitrogens with zero attached hydrogens (tertiary/aromatic N) is 1. The van der Waals surface area contributed by atoms with Gasteiger partial charge >= 0.3 is 0 Å². The van der Waals surface area contributed by atoms with Gasteiger partial charge in [-0.2, -0.15) is 0 Å². The molecule has 1 fully saturated rings. The lowest BCUT2D eigenvalue weighted by molar-refractivity contribution is -0.127. The first-order valence-electron chi connectivity index (χ1n) is 7.98. The van der Waals surface area contributed by atoms with Crippen LogP contribution in [0.25, 0.3) is 0 Å². The zero-order valence-electron chi connectivity index (χ0n) is 12.9. The Morgan fingerprint density at radius 1 is 1.38 bits per heavy atom. The number of hydrogen-bond donors (Lipinski definition) is 2. The summed E-state index contributed by atoms with van der Waals surface area (Å²) in [6.07, 6.45) is 4.10. The van der Waals surface area contributed by atoms with Gasteiger partial charge in [-0.1, -0.05) is 36.8 Å². The molecular weight excluding hydrogens is 262 g/mol. The van der Waals surface area contributed by atoms with Gasteiger partial charge in [0.2, 0.25) is 5.91 Å². The van der Waals surface area contributed by atoms with Crippen LogP contribution in [0.2, 0.25) is 0 Å². The van der Waals surface area contributed by atoms with Crippen molar-refractivity contribution in [2.45, 2.75) is 51.2 Å². The van der Waals surface area contributed by atoms with Crippen LogP contribution in [-0.2, 0) is 11.3 Å². The Balaban J connectivity index is 1.90. The molecule has 1 saturated heterocycles. The first-order valence-corrected chi connectivity index (χ1v) is 7.98. The molecular formula is C17H27N3O. The number of amides is 1. The molecule has 0 radical (unpaired) electrons.